The summed E-state index contributed by atoms with van der Waals surface area (Å²) in [6, 6.07) is 0.261. The predicted octanol–water partition coefficient (Wildman–Crippen LogP) is 2.82. The van der Waals surface area contributed by atoms with Gasteiger partial charge >= 0.3 is 0 Å². The number of nitrogens with zero attached hydrogens (tertiary/aromatic N) is 3. The molecule has 0 saturated carbocycles. The topological polar surface area (TPSA) is 42.2 Å². The second kappa shape index (κ2) is 5.63. The van der Waals surface area contributed by atoms with Gasteiger partial charge < -0.3 is 4.52 Å². The summed E-state index contributed by atoms with van der Waals surface area (Å²) in [5, 5.41) is 3.98. The Morgan fingerprint density at radius 2 is 2.29 bits per heavy atom. The molecule has 1 aliphatic rings. The van der Waals surface area contributed by atoms with Gasteiger partial charge in [-0.1, -0.05) is 25.4 Å². The molecule has 2 heterocycles. The lowest BCUT2D eigenvalue weighted by molar-refractivity contribution is 0.109. The fourth-order valence-corrected chi connectivity index (χ4v) is 2.52. The van der Waals surface area contributed by atoms with E-state index >= 15 is 0 Å². The minimum absolute atomic E-state index is 0.261. The summed E-state index contributed by atoms with van der Waals surface area (Å²) < 4.78 is 5.34. The van der Waals surface area contributed by atoms with Crippen LogP contribution in [0.4, 0.5) is 0 Å². The van der Waals surface area contributed by atoms with Gasteiger partial charge in [0.25, 0.3) is 0 Å². The lowest BCUT2D eigenvalue weighted by atomic mass is 9.95. The second-order valence-corrected chi connectivity index (χ2v) is 4.99. The number of aryl methyl sites for hydroxylation is 1. The van der Waals surface area contributed by atoms with Crippen molar-refractivity contribution in [3.05, 3.63) is 11.7 Å². The first-order valence-electron chi connectivity index (χ1n) is 6.81. The van der Waals surface area contributed by atoms with Crippen molar-refractivity contribution in [1.82, 2.24) is 15.0 Å². The quantitative estimate of drug-likeness (QED) is 0.807. The lowest BCUT2D eigenvalue weighted by Crippen LogP contribution is -2.37. The van der Waals surface area contributed by atoms with Crippen molar-refractivity contribution in [2.75, 3.05) is 13.1 Å². The Balaban J connectivity index is 2.00. The van der Waals surface area contributed by atoms with Gasteiger partial charge in [0, 0.05) is 13.0 Å². The maximum Gasteiger partial charge on any atom is 0.243 e. The van der Waals surface area contributed by atoms with Crippen LogP contribution in [0.5, 0.6) is 0 Å². The van der Waals surface area contributed by atoms with Crippen molar-refractivity contribution >= 4 is 0 Å². The molecule has 96 valence electrons. The standard InChI is InChI=1S/C13H23N3O/c1-4-11-7-6-8-16(9-11)10(3)13-14-12(5-2)15-17-13/h10-11H,4-9H2,1-3H3. The van der Waals surface area contributed by atoms with Crippen LogP contribution in [0.25, 0.3) is 0 Å². The van der Waals surface area contributed by atoms with E-state index < -0.39 is 0 Å². The van der Waals surface area contributed by atoms with Crippen molar-refractivity contribution < 1.29 is 4.52 Å². The Bertz CT molecular complexity index is 350. The highest BCUT2D eigenvalue weighted by Crippen LogP contribution is 2.26. The normalized spacial score (nSPS) is 23.8. The summed E-state index contributed by atoms with van der Waals surface area (Å²) in [4.78, 5) is 6.91. The number of aromatic nitrogens is 2. The third-order valence-corrected chi connectivity index (χ3v) is 3.83. The smallest absolute Gasteiger partial charge is 0.243 e. The van der Waals surface area contributed by atoms with Crippen LogP contribution in [0.15, 0.2) is 4.52 Å². The van der Waals surface area contributed by atoms with Crippen LogP contribution in [0, 0.1) is 5.92 Å². The number of piperidine rings is 1. The summed E-state index contributed by atoms with van der Waals surface area (Å²) in [5.41, 5.74) is 0. The molecule has 1 saturated heterocycles. The SMILES string of the molecule is CCc1noc(C(C)N2CCCC(CC)C2)n1. The molecule has 0 radical (unpaired) electrons. The van der Waals surface area contributed by atoms with Crippen LogP contribution in [-0.2, 0) is 6.42 Å². The molecule has 2 atom stereocenters. The molecular formula is C13H23N3O. The number of likely N-dealkylation sites (tertiary alicyclic amines) is 1. The zero-order valence-corrected chi connectivity index (χ0v) is 11.1. The first-order valence-corrected chi connectivity index (χ1v) is 6.81. The maximum atomic E-state index is 5.34. The zero-order chi connectivity index (χ0) is 12.3. The molecule has 0 spiro atoms. The number of hydrogen-bond acceptors (Lipinski definition) is 4. The Morgan fingerprint density at radius 1 is 1.47 bits per heavy atom. The fraction of sp³-hybridized carbons (Fsp3) is 0.846. The molecule has 1 fully saturated rings. The molecule has 2 unspecified atom stereocenters. The molecule has 1 aromatic heterocycles. The van der Waals surface area contributed by atoms with Gasteiger partial charge in [-0.2, -0.15) is 4.98 Å². The summed E-state index contributed by atoms with van der Waals surface area (Å²) >= 11 is 0. The van der Waals surface area contributed by atoms with E-state index in [1.807, 2.05) is 6.92 Å². The van der Waals surface area contributed by atoms with E-state index in [0.717, 1.165) is 30.6 Å². The lowest BCUT2D eigenvalue weighted by Gasteiger charge is -2.34. The molecule has 0 N–H and O–H groups in total. The average molecular weight is 237 g/mol. The highest BCUT2D eigenvalue weighted by Gasteiger charge is 2.26. The van der Waals surface area contributed by atoms with Gasteiger partial charge in [-0.25, -0.2) is 0 Å². The van der Waals surface area contributed by atoms with Crippen LogP contribution in [0.2, 0.25) is 0 Å². The molecule has 0 bridgehead atoms. The minimum atomic E-state index is 0.261. The minimum Gasteiger partial charge on any atom is -0.338 e. The highest BCUT2D eigenvalue weighted by atomic mass is 16.5. The van der Waals surface area contributed by atoms with Crippen molar-refractivity contribution in [2.24, 2.45) is 5.92 Å². The predicted molar refractivity (Wildman–Crippen MR) is 66.7 cm³/mol. The van der Waals surface area contributed by atoms with Crippen LogP contribution in [0.3, 0.4) is 0 Å². The van der Waals surface area contributed by atoms with Gasteiger partial charge in [0.05, 0.1) is 6.04 Å². The first-order chi connectivity index (χ1) is 8.24. The van der Waals surface area contributed by atoms with Gasteiger partial charge in [-0.05, 0) is 32.2 Å². The van der Waals surface area contributed by atoms with Crippen molar-refractivity contribution in [3.8, 4) is 0 Å². The van der Waals surface area contributed by atoms with Crippen LogP contribution < -0.4 is 0 Å². The van der Waals surface area contributed by atoms with E-state index in [-0.39, 0.29) is 6.04 Å². The maximum absolute atomic E-state index is 5.34. The third kappa shape index (κ3) is 2.86. The Kier molecular flexibility index (Phi) is 4.15. The van der Waals surface area contributed by atoms with Crippen molar-refractivity contribution in [1.29, 1.82) is 0 Å². The average Bonchev–Trinajstić information content (AvgIpc) is 2.86. The van der Waals surface area contributed by atoms with Crippen molar-refractivity contribution in [2.45, 2.75) is 52.5 Å². The van der Waals surface area contributed by atoms with Crippen LogP contribution >= 0.6 is 0 Å². The molecule has 1 aromatic rings. The monoisotopic (exact) mass is 237 g/mol. The summed E-state index contributed by atoms with van der Waals surface area (Å²) in [6.45, 7) is 8.82. The molecule has 1 aliphatic heterocycles. The fourth-order valence-electron chi connectivity index (χ4n) is 2.52. The van der Waals surface area contributed by atoms with Gasteiger partial charge in [0.2, 0.25) is 5.89 Å². The largest absolute Gasteiger partial charge is 0.338 e. The third-order valence-electron chi connectivity index (χ3n) is 3.83. The zero-order valence-electron chi connectivity index (χ0n) is 11.1. The van der Waals surface area contributed by atoms with E-state index in [9.17, 15) is 0 Å². The molecule has 17 heavy (non-hydrogen) atoms. The molecule has 4 nitrogen and oxygen atoms in total. The van der Waals surface area contributed by atoms with Gasteiger partial charge in [0.15, 0.2) is 5.82 Å². The van der Waals surface area contributed by atoms with Gasteiger partial charge in [-0.3, -0.25) is 4.90 Å². The first kappa shape index (κ1) is 12.6. The molecule has 0 aliphatic carbocycles. The van der Waals surface area contributed by atoms with E-state index in [0.29, 0.717) is 0 Å². The van der Waals surface area contributed by atoms with Crippen molar-refractivity contribution in [3.63, 3.8) is 0 Å². The van der Waals surface area contributed by atoms with E-state index in [4.69, 9.17) is 4.52 Å². The summed E-state index contributed by atoms with van der Waals surface area (Å²) in [6.07, 6.45) is 4.77. The van der Waals surface area contributed by atoms with E-state index in [1.54, 1.807) is 0 Å². The van der Waals surface area contributed by atoms with Crippen LogP contribution in [-0.4, -0.2) is 28.1 Å². The highest BCUT2D eigenvalue weighted by molar-refractivity contribution is 4.93. The Morgan fingerprint density at radius 3 is 2.94 bits per heavy atom. The summed E-state index contributed by atoms with van der Waals surface area (Å²) in [7, 11) is 0. The Hall–Kier alpha value is -0.900. The second-order valence-electron chi connectivity index (χ2n) is 4.99. The molecule has 4 heteroatoms. The summed E-state index contributed by atoms with van der Waals surface area (Å²) in [5.74, 6) is 2.43. The number of rotatable bonds is 4. The van der Waals surface area contributed by atoms with E-state index in [1.165, 1.54) is 25.8 Å². The molecule has 0 amide bonds. The molecule has 0 aromatic carbocycles. The molecule has 2 rings (SSSR count). The van der Waals surface area contributed by atoms with E-state index in [2.05, 4.69) is 28.9 Å². The number of hydrogen-bond donors (Lipinski definition) is 0. The van der Waals surface area contributed by atoms with Gasteiger partial charge in [-0.15, -0.1) is 0 Å². The molecular weight excluding hydrogens is 214 g/mol. The Labute approximate surface area is 103 Å². The van der Waals surface area contributed by atoms with Crippen LogP contribution in [0.1, 0.15) is 57.8 Å². The van der Waals surface area contributed by atoms with Gasteiger partial charge in [0.1, 0.15) is 0 Å².